The largest absolute Gasteiger partial charge is 0.465 e. The third kappa shape index (κ3) is 3.03. The van der Waals surface area contributed by atoms with Gasteiger partial charge in [-0.1, -0.05) is 0 Å². The van der Waals surface area contributed by atoms with Gasteiger partial charge in [-0.15, -0.1) is 0 Å². The lowest BCUT2D eigenvalue weighted by Crippen LogP contribution is -2.48. The van der Waals surface area contributed by atoms with Crippen LogP contribution in [0.15, 0.2) is 30.6 Å². The Morgan fingerprint density at radius 2 is 1.83 bits per heavy atom. The highest BCUT2D eigenvalue weighted by atomic mass is 19.1. The van der Waals surface area contributed by atoms with E-state index in [1.807, 2.05) is 11.0 Å². The summed E-state index contributed by atoms with van der Waals surface area (Å²) in [5.74, 6) is -0.398. The SMILES string of the molecule is Nc1cncc(-c2cc(F)cc(N3CCN(C(=O)O)CC3)c2)c1N. The molecule has 0 atom stereocenters. The number of carbonyl (C=O) groups is 1. The van der Waals surface area contributed by atoms with E-state index in [0.717, 1.165) is 0 Å². The molecule has 1 aromatic carbocycles. The van der Waals surface area contributed by atoms with Crippen LogP contribution in [0.3, 0.4) is 0 Å². The molecule has 0 unspecified atom stereocenters. The van der Waals surface area contributed by atoms with Gasteiger partial charge in [-0.3, -0.25) is 4.98 Å². The number of amides is 1. The lowest BCUT2D eigenvalue weighted by atomic mass is 10.0. The van der Waals surface area contributed by atoms with Gasteiger partial charge in [0.15, 0.2) is 0 Å². The molecular formula is C16H18FN5O2. The maximum Gasteiger partial charge on any atom is 0.407 e. The molecule has 1 aliphatic heterocycles. The number of hydrogen-bond donors (Lipinski definition) is 3. The molecule has 126 valence electrons. The van der Waals surface area contributed by atoms with Crippen molar-refractivity contribution in [1.29, 1.82) is 0 Å². The fraction of sp³-hybridized carbons (Fsp3) is 0.250. The summed E-state index contributed by atoms with van der Waals surface area (Å²) in [4.78, 5) is 18.3. The summed E-state index contributed by atoms with van der Waals surface area (Å²) >= 11 is 0. The molecule has 8 heteroatoms. The molecule has 0 aliphatic carbocycles. The summed E-state index contributed by atoms with van der Waals surface area (Å²) in [6.45, 7) is 1.76. The number of nitrogen functional groups attached to an aromatic ring is 2. The molecule has 1 saturated heterocycles. The summed E-state index contributed by atoms with van der Waals surface area (Å²) in [7, 11) is 0. The van der Waals surface area contributed by atoms with E-state index in [2.05, 4.69) is 4.98 Å². The lowest BCUT2D eigenvalue weighted by molar-refractivity contribution is 0.142. The first kappa shape index (κ1) is 15.9. The van der Waals surface area contributed by atoms with Crippen molar-refractivity contribution in [2.24, 2.45) is 0 Å². The zero-order chi connectivity index (χ0) is 17.3. The van der Waals surface area contributed by atoms with E-state index in [9.17, 15) is 9.18 Å². The molecule has 1 aromatic heterocycles. The van der Waals surface area contributed by atoms with Crippen molar-refractivity contribution in [3.63, 3.8) is 0 Å². The summed E-state index contributed by atoms with van der Waals surface area (Å²) in [6.07, 6.45) is 2.06. The van der Waals surface area contributed by atoms with Crippen LogP contribution >= 0.6 is 0 Å². The summed E-state index contributed by atoms with van der Waals surface area (Å²) in [6, 6.07) is 4.62. The van der Waals surface area contributed by atoms with Gasteiger partial charge in [0, 0.05) is 43.6 Å². The second-order valence-electron chi connectivity index (χ2n) is 5.64. The van der Waals surface area contributed by atoms with Gasteiger partial charge in [0.2, 0.25) is 0 Å². The maximum atomic E-state index is 14.1. The maximum absolute atomic E-state index is 14.1. The molecular weight excluding hydrogens is 313 g/mol. The number of hydrogen-bond acceptors (Lipinski definition) is 5. The Morgan fingerprint density at radius 1 is 1.12 bits per heavy atom. The van der Waals surface area contributed by atoms with E-state index in [1.165, 1.54) is 23.2 Å². The number of nitrogens with zero attached hydrogens (tertiary/aromatic N) is 3. The van der Waals surface area contributed by atoms with E-state index >= 15 is 0 Å². The minimum Gasteiger partial charge on any atom is -0.465 e. The van der Waals surface area contributed by atoms with Crippen LogP contribution < -0.4 is 16.4 Å². The molecule has 2 aromatic rings. The van der Waals surface area contributed by atoms with E-state index in [-0.39, 0.29) is 0 Å². The second-order valence-corrected chi connectivity index (χ2v) is 5.64. The number of rotatable bonds is 2. The Hall–Kier alpha value is -3.03. The van der Waals surface area contributed by atoms with Crippen molar-refractivity contribution in [2.45, 2.75) is 0 Å². The summed E-state index contributed by atoms with van der Waals surface area (Å²) in [5, 5.41) is 9.00. The van der Waals surface area contributed by atoms with E-state index < -0.39 is 11.9 Å². The molecule has 5 N–H and O–H groups in total. The van der Waals surface area contributed by atoms with Crippen LogP contribution in [-0.2, 0) is 0 Å². The molecule has 0 saturated carbocycles. The molecule has 0 radical (unpaired) electrons. The summed E-state index contributed by atoms with van der Waals surface area (Å²) in [5.41, 5.74) is 14.3. The summed E-state index contributed by atoms with van der Waals surface area (Å²) < 4.78 is 14.1. The number of aromatic nitrogens is 1. The minimum atomic E-state index is -0.937. The van der Waals surface area contributed by atoms with Gasteiger partial charge in [-0.2, -0.15) is 0 Å². The van der Waals surface area contributed by atoms with Crippen LogP contribution in [0.5, 0.6) is 0 Å². The molecule has 0 spiro atoms. The van der Waals surface area contributed by atoms with Gasteiger partial charge in [0.25, 0.3) is 0 Å². The highest BCUT2D eigenvalue weighted by molar-refractivity contribution is 5.84. The fourth-order valence-electron chi connectivity index (χ4n) is 2.78. The highest BCUT2D eigenvalue weighted by Crippen LogP contribution is 2.32. The van der Waals surface area contributed by atoms with Crippen LogP contribution in [0, 0.1) is 5.82 Å². The predicted molar refractivity (Wildman–Crippen MR) is 90.3 cm³/mol. The Balaban J connectivity index is 1.90. The van der Waals surface area contributed by atoms with Crippen molar-refractivity contribution < 1.29 is 14.3 Å². The quantitative estimate of drug-likeness (QED) is 0.775. The third-order valence-electron chi connectivity index (χ3n) is 4.13. The number of anilines is 3. The number of halogens is 1. The van der Waals surface area contributed by atoms with Crippen LogP contribution in [0.4, 0.5) is 26.2 Å². The fourth-order valence-corrected chi connectivity index (χ4v) is 2.78. The molecule has 3 rings (SSSR count). The average Bonchev–Trinajstić information content (AvgIpc) is 2.57. The molecule has 1 amide bonds. The normalized spacial score (nSPS) is 14.7. The molecule has 0 bridgehead atoms. The average molecular weight is 331 g/mol. The Bertz CT molecular complexity index is 775. The molecule has 1 fully saturated rings. The van der Waals surface area contributed by atoms with Crippen molar-refractivity contribution in [3.8, 4) is 11.1 Å². The van der Waals surface area contributed by atoms with Crippen LogP contribution in [0.25, 0.3) is 11.1 Å². The molecule has 7 nitrogen and oxygen atoms in total. The molecule has 1 aliphatic rings. The Kier molecular flexibility index (Phi) is 4.11. The Morgan fingerprint density at radius 3 is 2.50 bits per heavy atom. The van der Waals surface area contributed by atoms with Gasteiger partial charge < -0.3 is 26.4 Å². The zero-order valence-electron chi connectivity index (χ0n) is 12.9. The lowest BCUT2D eigenvalue weighted by Gasteiger charge is -2.34. The van der Waals surface area contributed by atoms with Gasteiger partial charge in [-0.05, 0) is 23.8 Å². The van der Waals surface area contributed by atoms with Crippen molar-refractivity contribution in [3.05, 3.63) is 36.4 Å². The van der Waals surface area contributed by atoms with Crippen molar-refractivity contribution in [2.75, 3.05) is 42.5 Å². The standard InChI is InChI=1S/C16H18FN5O2/c17-11-5-10(13-8-20-9-14(18)15(13)19)6-12(7-11)21-1-3-22(4-2-21)16(23)24/h5-9H,1-4,18H2,(H2,19,20)(H,23,24). The van der Waals surface area contributed by atoms with Gasteiger partial charge in [0.1, 0.15) is 5.82 Å². The van der Waals surface area contributed by atoms with E-state index in [4.69, 9.17) is 16.6 Å². The number of nitrogens with two attached hydrogens (primary N) is 2. The van der Waals surface area contributed by atoms with Gasteiger partial charge in [-0.25, -0.2) is 9.18 Å². The smallest absolute Gasteiger partial charge is 0.407 e. The van der Waals surface area contributed by atoms with Crippen molar-refractivity contribution >= 4 is 23.2 Å². The number of benzene rings is 1. The third-order valence-corrected chi connectivity index (χ3v) is 4.13. The number of pyridine rings is 1. The molecule has 2 heterocycles. The van der Waals surface area contributed by atoms with E-state index in [0.29, 0.717) is 54.4 Å². The predicted octanol–water partition coefficient (Wildman–Crippen LogP) is 1.85. The van der Waals surface area contributed by atoms with Crippen LogP contribution in [0.2, 0.25) is 0 Å². The zero-order valence-corrected chi connectivity index (χ0v) is 12.9. The second kappa shape index (κ2) is 6.23. The molecule has 24 heavy (non-hydrogen) atoms. The number of piperazine rings is 1. The topological polar surface area (TPSA) is 109 Å². The van der Waals surface area contributed by atoms with Crippen LogP contribution in [-0.4, -0.2) is 47.3 Å². The van der Waals surface area contributed by atoms with Crippen LogP contribution in [0.1, 0.15) is 0 Å². The highest BCUT2D eigenvalue weighted by Gasteiger charge is 2.21. The monoisotopic (exact) mass is 331 g/mol. The first-order chi connectivity index (χ1) is 11.5. The van der Waals surface area contributed by atoms with Crippen molar-refractivity contribution in [1.82, 2.24) is 9.88 Å². The van der Waals surface area contributed by atoms with Gasteiger partial charge >= 0.3 is 6.09 Å². The first-order valence-electron chi connectivity index (χ1n) is 7.48. The van der Waals surface area contributed by atoms with E-state index in [1.54, 1.807) is 6.20 Å². The number of carboxylic acid groups (broad SMARTS) is 1. The van der Waals surface area contributed by atoms with Gasteiger partial charge in [0.05, 0.1) is 17.6 Å². The minimum absolute atomic E-state index is 0.341. The Labute approximate surface area is 138 Å². The first-order valence-corrected chi connectivity index (χ1v) is 7.48.